The highest BCUT2D eigenvalue weighted by atomic mass is 16.5. The van der Waals surface area contributed by atoms with Crippen molar-refractivity contribution in [1.82, 2.24) is 4.98 Å². The summed E-state index contributed by atoms with van der Waals surface area (Å²) in [5.41, 5.74) is 7.78. The first-order chi connectivity index (χ1) is 7.34. The Kier molecular flexibility index (Phi) is 1.59. The molecule has 0 spiro atoms. The number of aromatic amines is 1. The summed E-state index contributed by atoms with van der Waals surface area (Å²) in [4.78, 5) is 3.13. The van der Waals surface area contributed by atoms with Crippen molar-refractivity contribution < 1.29 is 4.74 Å². The molecule has 0 radical (unpaired) electrons. The fourth-order valence-electron chi connectivity index (χ4n) is 1.80. The molecule has 1 aromatic heterocycles. The average molecular weight is 198 g/mol. The minimum atomic E-state index is 0.670. The zero-order valence-electron chi connectivity index (χ0n) is 8.03. The van der Waals surface area contributed by atoms with Gasteiger partial charge in [-0.05, 0) is 30.4 Å². The lowest BCUT2D eigenvalue weighted by molar-refractivity contribution is 0.482. The molecule has 2 aromatic rings. The van der Waals surface area contributed by atoms with Crippen molar-refractivity contribution >= 4 is 22.8 Å². The Morgan fingerprint density at radius 1 is 1.20 bits per heavy atom. The van der Waals surface area contributed by atoms with Gasteiger partial charge in [0.15, 0.2) is 0 Å². The maximum atomic E-state index is 5.73. The van der Waals surface area contributed by atoms with Crippen molar-refractivity contribution in [2.24, 2.45) is 0 Å². The summed E-state index contributed by atoms with van der Waals surface area (Å²) in [6.07, 6.45) is 7.48. The van der Waals surface area contributed by atoms with Crippen molar-refractivity contribution in [3.8, 4) is 5.75 Å². The quantitative estimate of drug-likeness (QED) is 0.683. The largest absolute Gasteiger partial charge is 0.464 e. The molecule has 0 aliphatic carbocycles. The molecule has 1 aliphatic heterocycles. The molecule has 0 unspecified atom stereocenters. The summed E-state index contributed by atoms with van der Waals surface area (Å²) in [7, 11) is 0. The fraction of sp³-hybridized carbons (Fsp3) is 0. The van der Waals surface area contributed by atoms with Gasteiger partial charge < -0.3 is 15.5 Å². The van der Waals surface area contributed by atoms with Gasteiger partial charge in [-0.3, -0.25) is 0 Å². The standard InChI is InChI=1S/C12H10N2O/c13-11-7-8-4-5-10-9(12(8)14-11)3-1-2-6-15-10/h1-7,14H,13H2. The number of nitrogens with one attached hydrogen (secondary N) is 1. The van der Waals surface area contributed by atoms with Gasteiger partial charge in [-0.2, -0.15) is 0 Å². The number of nitrogen functional groups attached to an aromatic ring is 1. The summed E-state index contributed by atoms with van der Waals surface area (Å²) in [5.74, 6) is 1.51. The monoisotopic (exact) mass is 198 g/mol. The lowest BCUT2D eigenvalue weighted by atomic mass is 10.1. The first kappa shape index (κ1) is 8.17. The van der Waals surface area contributed by atoms with Crippen molar-refractivity contribution in [3.05, 3.63) is 42.2 Å². The van der Waals surface area contributed by atoms with Crippen molar-refractivity contribution in [2.45, 2.75) is 0 Å². The number of allylic oxidation sites excluding steroid dienone is 2. The van der Waals surface area contributed by atoms with Crippen LogP contribution in [0.15, 0.2) is 36.6 Å². The van der Waals surface area contributed by atoms with E-state index in [0.717, 1.165) is 22.2 Å². The van der Waals surface area contributed by atoms with Gasteiger partial charge in [-0.15, -0.1) is 0 Å². The molecule has 74 valence electrons. The molecule has 1 aromatic carbocycles. The number of aromatic nitrogens is 1. The number of anilines is 1. The van der Waals surface area contributed by atoms with Crippen LogP contribution in [0.3, 0.4) is 0 Å². The van der Waals surface area contributed by atoms with Gasteiger partial charge >= 0.3 is 0 Å². The highest BCUT2D eigenvalue weighted by Crippen LogP contribution is 2.31. The molecule has 0 saturated carbocycles. The Hall–Kier alpha value is -2.16. The topological polar surface area (TPSA) is 51.0 Å². The number of H-pyrrole nitrogens is 1. The van der Waals surface area contributed by atoms with Gasteiger partial charge in [0, 0.05) is 10.9 Å². The lowest BCUT2D eigenvalue weighted by Gasteiger charge is -2.04. The lowest BCUT2D eigenvalue weighted by Crippen LogP contribution is -1.86. The molecule has 0 fully saturated rings. The fourth-order valence-corrected chi connectivity index (χ4v) is 1.80. The van der Waals surface area contributed by atoms with Gasteiger partial charge in [0.25, 0.3) is 0 Å². The van der Waals surface area contributed by atoms with E-state index in [-0.39, 0.29) is 0 Å². The molecule has 3 heteroatoms. The Labute approximate surface area is 86.9 Å². The van der Waals surface area contributed by atoms with Crippen LogP contribution < -0.4 is 10.5 Å². The van der Waals surface area contributed by atoms with Crippen LogP contribution in [0.2, 0.25) is 0 Å². The third-order valence-electron chi connectivity index (χ3n) is 2.47. The van der Waals surface area contributed by atoms with Crippen LogP contribution in [0.4, 0.5) is 5.82 Å². The Balaban J connectivity index is 2.37. The molecule has 2 heterocycles. The average Bonchev–Trinajstić information content (AvgIpc) is 2.48. The van der Waals surface area contributed by atoms with E-state index in [1.807, 2.05) is 36.4 Å². The first-order valence-electron chi connectivity index (χ1n) is 4.76. The predicted molar refractivity (Wildman–Crippen MR) is 61.5 cm³/mol. The third-order valence-corrected chi connectivity index (χ3v) is 2.47. The molecular weight excluding hydrogens is 188 g/mol. The number of nitrogens with two attached hydrogens (primary N) is 1. The summed E-state index contributed by atoms with van der Waals surface area (Å²) in [5, 5.41) is 1.10. The van der Waals surface area contributed by atoms with E-state index in [1.165, 1.54) is 0 Å². The minimum absolute atomic E-state index is 0.670. The Morgan fingerprint density at radius 3 is 3.07 bits per heavy atom. The van der Waals surface area contributed by atoms with Crippen LogP contribution in [0.1, 0.15) is 5.56 Å². The molecule has 15 heavy (non-hydrogen) atoms. The molecular formula is C12H10N2O. The second-order valence-corrected chi connectivity index (χ2v) is 3.47. The van der Waals surface area contributed by atoms with E-state index in [4.69, 9.17) is 10.5 Å². The van der Waals surface area contributed by atoms with Crippen molar-refractivity contribution in [2.75, 3.05) is 5.73 Å². The smallest absolute Gasteiger partial charge is 0.135 e. The van der Waals surface area contributed by atoms with Gasteiger partial charge in [0.1, 0.15) is 11.6 Å². The van der Waals surface area contributed by atoms with E-state index in [1.54, 1.807) is 6.26 Å². The maximum absolute atomic E-state index is 5.73. The maximum Gasteiger partial charge on any atom is 0.135 e. The van der Waals surface area contributed by atoms with E-state index in [0.29, 0.717) is 5.82 Å². The molecule has 1 aliphatic rings. The van der Waals surface area contributed by atoms with Gasteiger partial charge in [-0.25, -0.2) is 0 Å². The van der Waals surface area contributed by atoms with Gasteiger partial charge in [-0.1, -0.05) is 6.08 Å². The molecule has 0 atom stereocenters. The van der Waals surface area contributed by atoms with E-state index < -0.39 is 0 Å². The zero-order chi connectivity index (χ0) is 10.3. The molecule has 0 amide bonds. The number of rotatable bonds is 0. The second kappa shape index (κ2) is 2.92. The van der Waals surface area contributed by atoms with Gasteiger partial charge in [0.2, 0.25) is 0 Å². The Morgan fingerprint density at radius 2 is 2.13 bits per heavy atom. The van der Waals surface area contributed by atoms with Crippen LogP contribution in [0.5, 0.6) is 5.75 Å². The highest BCUT2D eigenvalue weighted by molar-refractivity contribution is 5.93. The highest BCUT2D eigenvalue weighted by Gasteiger charge is 2.09. The van der Waals surface area contributed by atoms with Crippen LogP contribution in [-0.2, 0) is 0 Å². The number of benzene rings is 1. The SMILES string of the molecule is Nc1cc2ccc3c(c2[nH]1)C=CC=CO3. The third kappa shape index (κ3) is 1.21. The van der Waals surface area contributed by atoms with E-state index in [2.05, 4.69) is 4.98 Å². The van der Waals surface area contributed by atoms with Crippen molar-refractivity contribution in [1.29, 1.82) is 0 Å². The second-order valence-electron chi connectivity index (χ2n) is 3.47. The summed E-state index contributed by atoms with van der Waals surface area (Å²) in [6.45, 7) is 0. The molecule has 3 N–H and O–H groups in total. The number of hydrogen-bond donors (Lipinski definition) is 2. The summed E-state index contributed by atoms with van der Waals surface area (Å²) in [6, 6.07) is 5.86. The number of hydrogen-bond acceptors (Lipinski definition) is 2. The summed E-state index contributed by atoms with van der Waals surface area (Å²) >= 11 is 0. The van der Waals surface area contributed by atoms with Crippen LogP contribution >= 0.6 is 0 Å². The first-order valence-corrected chi connectivity index (χ1v) is 4.76. The van der Waals surface area contributed by atoms with Crippen LogP contribution in [0, 0.1) is 0 Å². The number of ether oxygens (including phenoxy) is 1. The summed E-state index contributed by atoms with van der Waals surface area (Å²) < 4.78 is 5.46. The van der Waals surface area contributed by atoms with Gasteiger partial charge in [0.05, 0.1) is 11.8 Å². The normalized spacial score (nSPS) is 13.6. The Bertz CT molecular complexity index is 579. The van der Waals surface area contributed by atoms with Crippen LogP contribution in [-0.4, -0.2) is 4.98 Å². The minimum Gasteiger partial charge on any atom is -0.464 e. The molecule has 0 bridgehead atoms. The predicted octanol–water partition coefficient (Wildman–Crippen LogP) is 2.67. The van der Waals surface area contributed by atoms with Crippen molar-refractivity contribution in [3.63, 3.8) is 0 Å². The van der Waals surface area contributed by atoms with E-state index in [9.17, 15) is 0 Å². The number of fused-ring (bicyclic) bond motifs is 3. The molecule has 3 nitrogen and oxygen atoms in total. The van der Waals surface area contributed by atoms with E-state index >= 15 is 0 Å². The molecule has 3 rings (SSSR count). The van der Waals surface area contributed by atoms with Crippen LogP contribution in [0.25, 0.3) is 17.0 Å². The molecule has 0 saturated heterocycles. The zero-order valence-corrected chi connectivity index (χ0v) is 8.03.